The highest BCUT2D eigenvalue weighted by atomic mass is 16.1. The lowest BCUT2D eigenvalue weighted by molar-refractivity contribution is -0.122. The van der Waals surface area contributed by atoms with Crippen LogP contribution in [0.2, 0.25) is 0 Å². The predicted molar refractivity (Wildman–Crippen MR) is 136 cm³/mol. The van der Waals surface area contributed by atoms with Crippen LogP contribution in [0.1, 0.15) is 36.7 Å². The van der Waals surface area contributed by atoms with Crippen LogP contribution in [-0.2, 0) is 16.6 Å². The second kappa shape index (κ2) is 7.11. The van der Waals surface area contributed by atoms with Crippen molar-refractivity contribution in [3.05, 3.63) is 114 Å². The van der Waals surface area contributed by atoms with E-state index in [1.54, 1.807) is 12.4 Å². The lowest BCUT2D eigenvalue weighted by Gasteiger charge is -2.47. The molecule has 4 aromatic rings. The molecule has 3 aliphatic rings. The van der Waals surface area contributed by atoms with Crippen LogP contribution in [0.4, 0.5) is 0 Å². The van der Waals surface area contributed by atoms with Crippen molar-refractivity contribution in [2.24, 2.45) is 10.8 Å². The van der Waals surface area contributed by atoms with Crippen LogP contribution < -0.4 is 0 Å². The molecule has 0 saturated heterocycles. The Hall–Kier alpha value is -4.30. The first-order chi connectivity index (χ1) is 17.6. The fraction of sp³-hybridized carbons (Fsp3) is 0.226. The lowest BCUT2D eigenvalue weighted by Crippen LogP contribution is -2.48. The molecule has 3 atom stereocenters. The van der Waals surface area contributed by atoms with Gasteiger partial charge in [0, 0.05) is 40.2 Å². The highest BCUT2D eigenvalue weighted by Crippen LogP contribution is 2.80. The molecule has 1 spiro atoms. The van der Waals surface area contributed by atoms with E-state index in [0.29, 0.717) is 0 Å². The number of allylic oxidation sites excluding steroid dienone is 2. The first-order valence-corrected chi connectivity index (χ1v) is 12.4. The van der Waals surface area contributed by atoms with E-state index in [9.17, 15) is 10.1 Å². The number of fused-ring (bicyclic) bond motifs is 2. The Balaban J connectivity index is 1.62. The Morgan fingerprint density at radius 3 is 2.36 bits per heavy atom. The molecule has 7 rings (SSSR count). The molecule has 1 unspecified atom stereocenters. The van der Waals surface area contributed by atoms with Gasteiger partial charge in [0.05, 0.1) is 16.7 Å². The van der Waals surface area contributed by atoms with E-state index in [0.717, 1.165) is 53.3 Å². The Kier molecular flexibility index (Phi) is 4.15. The summed E-state index contributed by atoms with van der Waals surface area (Å²) in [5, 5.41) is 10.1. The van der Waals surface area contributed by atoms with Gasteiger partial charge in [0.15, 0.2) is 5.78 Å². The fourth-order valence-electron chi connectivity index (χ4n) is 7.17. The molecule has 0 bridgehead atoms. The summed E-state index contributed by atoms with van der Waals surface area (Å²) >= 11 is 0. The number of carbonyl (C=O) groups excluding carboxylic acids is 1. The number of nitriles is 1. The summed E-state index contributed by atoms with van der Waals surface area (Å²) in [6.45, 7) is 2.06. The van der Waals surface area contributed by atoms with Gasteiger partial charge in [-0.25, -0.2) is 4.98 Å². The van der Waals surface area contributed by atoms with Gasteiger partial charge in [-0.05, 0) is 55.2 Å². The minimum atomic E-state index is -0.655. The van der Waals surface area contributed by atoms with E-state index in [4.69, 9.17) is 4.98 Å². The van der Waals surface area contributed by atoms with Crippen LogP contribution >= 0.6 is 0 Å². The largest absolute Gasteiger partial charge is 0.296 e. The van der Waals surface area contributed by atoms with Crippen molar-refractivity contribution in [2.75, 3.05) is 0 Å². The molecular formula is C31H24N4O. The van der Waals surface area contributed by atoms with E-state index in [-0.39, 0.29) is 16.8 Å². The number of nitrogens with zero attached hydrogens (tertiary/aromatic N) is 4. The number of hydrogen-bond donors (Lipinski definition) is 0. The van der Waals surface area contributed by atoms with Crippen LogP contribution in [0.15, 0.2) is 96.8 Å². The van der Waals surface area contributed by atoms with Gasteiger partial charge < -0.3 is 0 Å². The topological polar surface area (TPSA) is 71.6 Å². The standard InChI is InChI=1S/C31H24N4O/c1-29-20-30(29)15-12-25-26(31(30,18-22(19-32)27(29)36)23-8-4-2-5-9-23)34-28(21-13-16-33-17-14-21)35(25)24-10-6-3-7-11-24/h2-11,13-14,16-18H,12,15,20H2,1H3/t29?,30-,31+/m1/s1. The zero-order valence-corrected chi connectivity index (χ0v) is 20.0. The summed E-state index contributed by atoms with van der Waals surface area (Å²) < 4.78 is 2.26. The van der Waals surface area contributed by atoms with Gasteiger partial charge in [-0.2, -0.15) is 5.26 Å². The third-order valence-corrected chi connectivity index (χ3v) is 8.89. The summed E-state index contributed by atoms with van der Waals surface area (Å²) in [6.07, 6.45) is 7.97. The maximum atomic E-state index is 13.4. The Morgan fingerprint density at radius 2 is 1.67 bits per heavy atom. The summed E-state index contributed by atoms with van der Waals surface area (Å²) in [6, 6.07) is 26.9. The van der Waals surface area contributed by atoms with E-state index < -0.39 is 10.8 Å². The number of hydrogen-bond acceptors (Lipinski definition) is 4. The average Bonchev–Trinajstić information content (AvgIpc) is 3.38. The van der Waals surface area contributed by atoms with Gasteiger partial charge in [0.1, 0.15) is 11.9 Å². The number of ketones is 1. The third kappa shape index (κ3) is 2.41. The molecule has 36 heavy (non-hydrogen) atoms. The first-order valence-electron chi connectivity index (χ1n) is 12.4. The maximum Gasteiger partial charge on any atom is 0.179 e. The van der Waals surface area contributed by atoms with Gasteiger partial charge in [0.2, 0.25) is 0 Å². The second-order valence-electron chi connectivity index (χ2n) is 10.4. The maximum absolute atomic E-state index is 13.4. The Morgan fingerprint density at radius 1 is 0.972 bits per heavy atom. The van der Waals surface area contributed by atoms with E-state index in [2.05, 4.69) is 46.8 Å². The van der Waals surface area contributed by atoms with Crippen molar-refractivity contribution in [2.45, 2.75) is 31.6 Å². The number of carbonyl (C=O) groups is 1. The van der Waals surface area contributed by atoms with E-state index in [1.807, 2.05) is 54.6 Å². The van der Waals surface area contributed by atoms with Gasteiger partial charge in [-0.3, -0.25) is 14.3 Å². The molecule has 2 aromatic heterocycles. The minimum absolute atomic E-state index is 0.0168. The number of imidazole rings is 1. The highest BCUT2D eigenvalue weighted by molar-refractivity contribution is 6.08. The first kappa shape index (κ1) is 21.0. The van der Waals surface area contributed by atoms with Crippen LogP contribution in [0.25, 0.3) is 17.1 Å². The molecule has 3 aliphatic carbocycles. The van der Waals surface area contributed by atoms with E-state index >= 15 is 0 Å². The van der Waals surface area contributed by atoms with Gasteiger partial charge in [0.25, 0.3) is 0 Å². The van der Waals surface area contributed by atoms with Crippen molar-refractivity contribution >= 4 is 5.78 Å². The highest BCUT2D eigenvalue weighted by Gasteiger charge is 2.80. The second-order valence-corrected chi connectivity index (χ2v) is 10.4. The number of benzene rings is 2. The summed E-state index contributed by atoms with van der Waals surface area (Å²) in [4.78, 5) is 23.1. The normalized spacial score (nSPS) is 27.8. The van der Waals surface area contributed by atoms with Crippen LogP contribution in [-0.4, -0.2) is 20.3 Å². The van der Waals surface area contributed by atoms with Gasteiger partial charge in [-0.15, -0.1) is 0 Å². The molecule has 0 radical (unpaired) electrons. The number of rotatable bonds is 3. The number of aromatic nitrogens is 3. The van der Waals surface area contributed by atoms with Crippen LogP contribution in [0, 0.1) is 22.2 Å². The van der Waals surface area contributed by atoms with Crippen molar-refractivity contribution in [3.8, 4) is 23.1 Å². The molecule has 1 saturated carbocycles. The smallest absolute Gasteiger partial charge is 0.179 e. The molecule has 0 amide bonds. The third-order valence-electron chi connectivity index (χ3n) is 8.89. The zero-order chi connectivity index (χ0) is 24.5. The summed E-state index contributed by atoms with van der Waals surface area (Å²) in [5.74, 6) is 0.837. The molecule has 2 heterocycles. The van der Waals surface area contributed by atoms with Gasteiger partial charge in [-0.1, -0.05) is 55.5 Å². The van der Waals surface area contributed by atoms with Crippen LogP contribution in [0.3, 0.4) is 0 Å². The van der Waals surface area contributed by atoms with Crippen LogP contribution in [0.5, 0.6) is 0 Å². The molecule has 1 fully saturated rings. The summed E-state index contributed by atoms with van der Waals surface area (Å²) in [5.41, 5.74) is 3.96. The Labute approximate surface area is 209 Å². The monoisotopic (exact) mass is 468 g/mol. The average molecular weight is 469 g/mol. The molecule has 174 valence electrons. The molecule has 5 heteroatoms. The van der Waals surface area contributed by atoms with Crippen molar-refractivity contribution in [3.63, 3.8) is 0 Å². The predicted octanol–water partition coefficient (Wildman–Crippen LogP) is 5.60. The summed E-state index contributed by atoms with van der Waals surface area (Å²) in [7, 11) is 0. The van der Waals surface area contributed by atoms with Gasteiger partial charge >= 0.3 is 0 Å². The fourth-order valence-corrected chi connectivity index (χ4v) is 7.17. The van der Waals surface area contributed by atoms with Crippen molar-refractivity contribution < 1.29 is 4.79 Å². The van der Waals surface area contributed by atoms with E-state index in [1.165, 1.54) is 0 Å². The molecular weight excluding hydrogens is 444 g/mol. The zero-order valence-electron chi connectivity index (χ0n) is 20.0. The molecule has 0 N–H and O–H groups in total. The number of para-hydroxylation sites is 1. The number of pyridine rings is 1. The quantitative estimate of drug-likeness (QED) is 0.393. The lowest BCUT2D eigenvalue weighted by atomic mass is 9.54. The Bertz CT molecular complexity index is 1600. The molecule has 5 nitrogen and oxygen atoms in total. The van der Waals surface area contributed by atoms with Crippen molar-refractivity contribution in [1.29, 1.82) is 5.26 Å². The molecule has 2 aromatic carbocycles. The SMILES string of the molecule is CC12C[C@]13CCc1c(nc(-c4ccncc4)n1-c1ccccc1)[C@@]3(c1ccccc1)C=C(C#N)C2=O. The number of Topliss-reactive ketones (excluding diaryl/α,β-unsaturated/α-hetero) is 1. The minimum Gasteiger partial charge on any atom is -0.296 e. The van der Waals surface area contributed by atoms with Crippen molar-refractivity contribution in [1.82, 2.24) is 14.5 Å². The molecule has 0 aliphatic heterocycles.